The van der Waals surface area contributed by atoms with Crippen LogP contribution in [0, 0.1) is 6.92 Å². The summed E-state index contributed by atoms with van der Waals surface area (Å²) in [6.07, 6.45) is 0. The van der Waals surface area contributed by atoms with Crippen LogP contribution in [0.25, 0.3) is 21.1 Å². The summed E-state index contributed by atoms with van der Waals surface area (Å²) in [5.74, 6) is 0.577. The highest BCUT2D eigenvalue weighted by Crippen LogP contribution is 2.26. The number of aryl methyl sites for hydroxylation is 1. The number of amides is 1. The fourth-order valence-electron chi connectivity index (χ4n) is 2.67. The van der Waals surface area contributed by atoms with Gasteiger partial charge in [-0.25, -0.2) is 4.98 Å². The third-order valence-corrected chi connectivity index (χ3v) is 4.76. The second kappa shape index (κ2) is 5.65. The molecule has 2 aromatic carbocycles. The largest absolute Gasteiger partial charge is 0.497 e. The number of hydrogen-bond acceptors (Lipinski definition) is 4. The Kier molecular flexibility index (Phi) is 3.46. The van der Waals surface area contributed by atoms with Crippen molar-refractivity contribution in [2.24, 2.45) is 0 Å². The van der Waals surface area contributed by atoms with Crippen LogP contribution in [-0.4, -0.2) is 23.0 Å². The molecule has 0 unspecified atom stereocenters. The number of methoxy groups -OCH3 is 1. The molecule has 6 heteroatoms. The molecule has 0 aliphatic heterocycles. The summed E-state index contributed by atoms with van der Waals surface area (Å²) in [5.41, 5.74) is 3.09. The predicted molar refractivity (Wildman–Crippen MR) is 97.2 cm³/mol. The van der Waals surface area contributed by atoms with Crippen LogP contribution in [0.2, 0.25) is 0 Å². The van der Waals surface area contributed by atoms with Crippen LogP contribution in [0.5, 0.6) is 5.75 Å². The molecule has 120 valence electrons. The molecule has 0 radical (unpaired) electrons. The number of benzene rings is 2. The van der Waals surface area contributed by atoms with Gasteiger partial charge in [-0.05, 0) is 43.3 Å². The molecule has 0 atom stereocenters. The number of nitrogens with zero attached hydrogens (tertiary/aromatic N) is 1. The lowest BCUT2D eigenvalue weighted by molar-refractivity contribution is 0.102. The van der Waals surface area contributed by atoms with Crippen LogP contribution in [0.1, 0.15) is 15.5 Å². The van der Waals surface area contributed by atoms with Gasteiger partial charge in [0.2, 0.25) is 0 Å². The van der Waals surface area contributed by atoms with Crippen LogP contribution in [0.4, 0.5) is 5.69 Å². The van der Waals surface area contributed by atoms with E-state index in [2.05, 4.69) is 15.3 Å². The van der Waals surface area contributed by atoms with Crippen LogP contribution in [-0.2, 0) is 0 Å². The molecule has 24 heavy (non-hydrogen) atoms. The molecule has 4 aromatic rings. The number of H-pyrrole nitrogens is 1. The van der Waals surface area contributed by atoms with E-state index >= 15 is 0 Å². The normalized spacial score (nSPS) is 11.1. The number of hydrogen-bond donors (Lipinski definition) is 2. The molecule has 2 aromatic heterocycles. The summed E-state index contributed by atoms with van der Waals surface area (Å²) in [6, 6.07) is 13.2. The zero-order valence-corrected chi connectivity index (χ0v) is 14.0. The monoisotopic (exact) mass is 337 g/mol. The van der Waals surface area contributed by atoms with Crippen molar-refractivity contribution < 1.29 is 9.53 Å². The SMILES string of the molecule is COc1ccc2cc(C(=O)Nc3ccc4nc(C)sc4c3)[nH]c2c1. The minimum absolute atomic E-state index is 0.175. The van der Waals surface area contributed by atoms with Crippen LogP contribution < -0.4 is 10.1 Å². The lowest BCUT2D eigenvalue weighted by Crippen LogP contribution is -2.11. The van der Waals surface area contributed by atoms with Gasteiger partial charge in [-0.2, -0.15) is 0 Å². The van der Waals surface area contributed by atoms with Crippen molar-refractivity contribution in [3.63, 3.8) is 0 Å². The van der Waals surface area contributed by atoms with Crippen molar-refractivity contribution >= 4 is 44.1 Å². The van der Waals surface area contributed by atoms with Gasteiger partial charge in [0, 0.05) is 22.7 Å². The second-order valence-electron chi connectivity index (χ2n) is 5.51. The average molecular weight is 337 g/mol. The standard InChI is InChI=1S/C18H15N3O2S/c1-10-19-14-6-4-12(8-17(14)24-10)20-18(22)16-7-11-3-5-13(23-2)9-15(11)21-16/h3-9,21H,1-2H3,(H,20,22). The van der Waals surface area contributed by atoms with Crippen molar-refractivity contribution in [1.82, 2.24) is 9.97 Å². The molecule has 0 aliphatic carbocycles. The average Bonchev–Trinajstić information content (AvgIpc) is 3.15. The number of rotatable bonds is 3. The third-order valence-electron chi connectivity index (χ3n) is 3.83. The third kappa shape index (κ3) is 2.61. The summed E-state index contributed by atoms with van der Waals surface area (Å²) in [5, 5.41) is 4.91. The van der Waals surface area contributed by atoms with E-state index in [1.165, 1.54) is 0 Å². The molecule has 0 aliphatic rings. The van der Waals surface area contributed by atoms with E-state index in [0.29, 0.717) is 5.69 Å². The Labute approximate surface area is 142 Å². The van der Waals surface area contributed by atoms with E-state index in [0.717, 1.165) is 37.6 Å². The van der Waals surface area contributed by atoms with Crippen LogP contribution in [0.3, 0.4) is 0 Å². The Morgan fingerprint density at radius 2 is 2.08 bits per heavy atom. The van der Waals surface area contributed by atoms with E-state index in [9.17, 15) is 4.79 Å². The van der Waals surface area contributed by atoms with Crippen molar-refractivity contribution in [1.29, 1.82) is 0 Å². The summed E-state index contributed by atoms with van der Waals surface area (Å²) >= 11 is 1.61. The second-order valence-corrected chi connectivity index (χ2v) is 6.74. The number of thiazole rings is 1. The Morgan fingerprint density at radius 3 is 2.92 bits per heavy atom. The number of fused-ring (bicyclic) bond motifs is 2. The lowest BCUT2D eigenvalue weighted by Gasteiger charge is -2.03. The van der Waals surface area contributed by atoms with Gasteiger partial charge in [-0.1, -0.05) is 0 Å². The van der Waals surface area contributed by atoms with E-state index in [4.69, 9.17) is 4.74 Å². The van der Waals surface area contributed by atoms with Crippen molar-refractivity contribution in [2.45, 2.75) is 6.92 Å². The highest BCUT2D eigenvalue weighted by atomic mass is 32.1. The van der Waals surface area contributed by atoms with Gasteiger partial charge in [0.1, 0.15) is 11.4 Å². The Balaban J connectivity index is 1.62. The van der Waals surface area contributed by atoms with Crippen molar-refractivity contribution in [2.75, 3.05) is 12.4 Å². The molecule has 0 saturated carbocycles. The van der Waals surface area contributed by atoms with Crippen LogP contribution >= 0.6 is 11.3 Å². The van der Waals surface area contributed by atoms with E-state index in [-0.39, 0.29) is 5.91 Å². The van der Waals surface area contributed by atoms with Gasteiger partial charge >= 0.3 is 0 Å². The first kappa shape index (κ1) is 14.7. The topological polar surface area (TPSA) is 67.0 Å². The molecule has 5 nitrogen and oxygen atoms in total. The quantitative estimate of drug-likeness (QED) is 0.584. The molecular formula is C18H15N3O2S. The number of carbonyl (C=O) groups excluding carboxylic acids is 1. The Hall–Kier alpha value is -2.86. The minimum atomic E-state index is -0.175. The molecule has 0 spiro atoms. The van der Waals surface area contributed by atoms with Crippen LogP contribution in [0.15, 0.2) is 42.5 Å². The summed E-state index contributed by atoms with van der Waals surface area (Å²) < 4.78 is 6.27. The number of aromatic nitrogens is 2. The predicted octanol–water partition coefficient (Wildman–Crippen LogP) is 4.35. The first-order valence-electron chi connectivity index (χ1n) is 7.48. The highest BCUT2D eigenvalue weighted by molar-refractivity contribution is 7.18. The summed E-state index contributed by atoms with van der Waals surface area (Å²) in [4.78, 5) is 20.0. The minimum Gasteiger partial charge on any atom is -0.497 e. The summed E-state index contributed by atoms with van der Waals surface area (Å²) in [6.45, 7) is 1.97. The molecule has 0 saturated heterocycles. The van der Waals surface area contributed by atoms with E-state index in [1.807, 2.05) is 49.4 Å². The number of aromatic amines is 1. The number of carbonyl (C=O) groups is 1. The van der Waals surface area contributed by atoms with E-state index in [1.54, 1.807) is 18.4 Å². The molecule has 4 rings (SSSR count). The first-order valence-corrected chi connectivity index (χ1v) is 8.29. The van der Waals surface area contributed by atoms with Gasteiger partial charge in [0.05, 0.1) is 22.3 Å². The maximum absolute atomic E-state index is 12.5. The Morgan fingerprint density at radius 1 is 1.21 bits per heavy atom. The fourth-order valence-corrected chi connectivity index (χ4v) is 3.54. The number of nitrogens with one attached hydrogen (secondary N) is 2. The smallest absolute Gasteiger partial charge is 0.272 e. The first-order chi connectivity index (χ1) is 11.6. The molecule has 2 heterocycles. The maximum Gasteiger partial charge on any atom is 0.272 e. The van der Waals surface area contributed by atoms with Gasteiger partial charge in [-0.15, -0.1) is 11.3 Å². The summed E-state index contributed by atoms with van der Waals surface area (Å²) in [7, 11) is 1.62. The highest BCUT2D eigenvalue weighted by Gasteiger charge is 2.11. The van der Waals surface area contributed by atoms with E-state index < -0.39 is 0 Å². The van der Waals surface area contributed by atoms with Gasteiger partial charge in [-0.3, -0.25) is 4.79 Å². The fraction of sp³-hybridized carbons (Fsp3) is 0.111. The zero-order chi connectivity index (χ0) is 16.7. The van der Waals surface area contributed by atoms with Gasteiger partial charge < -0.3 is 15.0 Å². The number of ether oxygens (including phenoxy) is 1. The molecule has 0 bridgehead atoms. The zero-order valence-electron chi connectivity index (χ0n) is 13.2. The molecule has 1 amide bonds. The van der Waals surface area contributed by atoms with Crippen molar-refractivity contribution in [3.05, 3.63) is 53.2 Å². The molecule has 0 fully saturated rings. The number of anilines is 1. The Bertz CT molecular complexity index is 1060. The molecular weight excluding hydrogens is 322 g/mol. The lowest BCUT2D eigenvalue weighted by atomic mass is 10.2. The van der Waals surface area contributed by atoms with Gasteiger partial charge in [0.15, 0.2) is 0 Å². The van der Waals surface area contributed by atoms with Crippen molar-refractivity contribution in [3.8, 4) is 5.75 Å². The maximum atomic E-state index is 12.5. The van der Waals surface area contributed by atoms with Gasteiger partial charge in [0.25, 0.3) is 5.91 Å². The molecule has 2 N–H and O–H groups in total.